The van der Waals surface area contributed by atoms with Gasteiger partial charge in [-0.05, 0) is 12.5 Å². The van der Waals surface area contributed by atoms with Crippen molar-refractivity contribution in [3.05, 3.63) is 35.9 Å². The summed E-state index contributed by atoms with van der Waals surface area (Å²) in [6.45, 7) is 4.27. The van der Waals surface area contributed by atoms with E-state index in [4.69, 9.17) is 4.74 Å². The van der Waals surface area contributed by atoms with Crippen LogP contribution in [-0.2, 0) is 20.9 Å². The molecule has 2 rings (SSSR count). The van der Waals surface area contributed by atoms with Crippen LogP contribution in [0.15, 0.2) is 30.3 Å². The van der Waals surface area contributed by atoms with E-state index in [0.717, 1.165) is 5.56 Å². The first kappa shape index (κ1) is 18.8. The van der Waals surface area contributed by atoms with Crippen LogP contribution in [0.1, 0.15) is 18.9 Å². The average molecular weight is 347 g/mol. The largest absolute Gasteiger partial charge is 0.450 e. The molecular weight excluding hydrogens is 322 g/mol. The van der Waals surface area contributed by atoms with Crippen LogP contribution in [0.4, 0.5) is 4.79 Å². The molecule has 1 aromatic rings. The van der Waals surface area contributed by atoms with E-state index >= 15 is 0 Å². The number of amides is 3. The molecule has 25 heavy (non-hydrogen) atoms. The van der Waals surface area contributed by atoms with Gasteiger partial charge < -0.3 is 19.4 Å². The van der Waals surface area contributed by atoms with Crippen molar-refractivity contribution in [2.45, 2.75) is 19.9 Å². The Balaban J connectivity index is 1.78. The predicted molar refractivity (Wildman–Crippen MR) is 92.7 cm³/mol. The molecule has 0 spiro atoms. The summed E-state index contributed by atoms with van der Waals surface area (Å²) >= 11 is 0. The van der Waals surface area contributed by atoms with Gasteiger partial charge in [-0.15, -0.1) is 0 Å². The Morgan fingerprint density at radius 1 is 1.04 bits per heavy atom. The first-order valence-electron chi connectivity index (χ1n) is 8.48. The van der Waals surface area contributed by atoms with Crippen LogP contribution in [0.2, 0.25) is 0 Å². The Hall–Kier alpha value is -2.57. The fourth-order valence-corrected chi connectivity index (χ4v) is 2.67. The van der Waals surface area contributed by atoms with Crippen LogP contribution in [0, 0.1) is 0 Å². The van der Waals surface area contributed by atoms with Gasteiger partial charge in [0.15, 0.2) is 0 Å². The molecule has 0 unspecified atom stereocenters. The molecular formula is C18H25N3O4. The molecule has 7 nitrogen and oxygen atoms in total. The molecule has 0 saturated carbocycles. The summed E-state index contributed by atoms with van der Waals surface area (Å²) in [4.78, 5) is 41.0. The lowest BCUT2D eigenvalue weighted by Crippen LogP contribution is -2.51. The Kier molecular flexibility index (Phi) is 6.80. The fraction of sp³-hybridized carbons (Fsp3) is 0.500. The first-order valence-corrected chi connectivity index (χ1v) is 8.48. The van der Waals surface area contributed by atoms with E-state index in [9.17, 15) is 14.4 Å². The standard InChI is InChI=1S/C18H25N3O4/c1-3-25-18(24)21-11-9-20(10-12-21)17(23)13-16(22)19(2)14-15-7-5-4-6-8-15/h4-8H,3,9-14H2,1-2H3. The Labute approximate surface area is 148 Å². The van der Waals surface area contributed by atoms with Crippen LogP contribution in [0.5, 0.6) is 0 Å². The van der Waals surface area contributed by atoms with E-state index in [2.05, 4.69) is 0 Å². The van der Waals surface area contributed by atoms with Gasteiger partial charge in [0.05, 0.1) is 6.61 Å². The lowest BCUT2D eigenvalue weighted by atomic mass is 10.2. The molecule has 1 heterocycles. The molecule has 0 aliphatic carbocycles. The molecule has 1 fully saturated rings. The summed E-state index contributed by atoms with van der Waals surface area (Å²) in [6, 6.07) is 9.65. The smallest absolute Gasteiger partial charge is 0.409 e. The molecule has 1 aromatic carbocycles. The summed E-state index contributed by atoms with van der Waals surface area (Å²) < 4.78 is 4.95. The third kappa shape index (κ3) is 5.48. The number of ether oxygens (including phenoxy) is 1. The number of carbonyl (C=O) groups excluding carboxylic acids is 3. The topological polar surface area (TPSA) is 70.2 Å². The van der Waals surface area contributed by atoms with Crippen molar-refractivity contribution in [2.24, 2.45) is 0 Å². The second-order valence-corrected chi connectivity index (χ2v) is 5.98. The highest BCUT2D eigenvalue weighted by atomic mass is 16.6. The van der Waals surface area contributed by atoms with E-state index in [0.29, 0.717) is 39.3 Å². The van der Waals surface area contributed by atoms with E-state index in [1.807, 2.05) is 30.3 Å². The third-order valence-electron chi connectivity index (χ3n) is 4.15. The predicted octanol–water partition coefficient (Wildman–Crippen LogP) is 1.34. The highest BCUT2D eigenvalue weighted by Crippen LogP contribution is 2.08. The van der Waals surface area contributed by atoms with Crippen LogP contribution >= 0.6 is 0 Å². The van der Waals surface area contributed by atoms with E-state index in [1.54, 1.807) is 28.7 Å². The molecule has 7 heteroatoms. The van der Waals surface area contributed by atoms with Crippen LogP contribution in [0.3, 0.4) is 0 Å². The Morgan fingerprint density at radius 3 is 2.24 bits per heavy atom. The van der Waals surface area contributed by atoms with Gasteiger partial charge in [-0.3, -0.25) is 9.59 Å². The number of carbonyl (C=O) groups is 3. The van der Waals surface area contributed by atoms with Gasteiger partial charge in [0.2, 0.25) is 11.8 Å². The van der Waals surface area contributed by atoms with Gasteiger partial charge in [0.25, 0.3) is 0 Å². The summed E-state index contributed by atoms with van der Waals surface area (Å²) in [6.07, 6.45) is -0.504. The number of hydrogen-bond acceptors (Lipinski definition) is 4. The number of hydrogen-bond donors (Lipinski definition) is 0. The quantitative estimate of drug-likeness (QED) is 0.754. The van der Waals surface area contributed by atoms with Gasteiger partial charge in [0, 0.05) is 39.8 Å². The summed E-state index contributed by atoms with van der Waals surface area (Å²) in [5, 5.41) is 0. The maximum atomic E-state index is 12.3. The molecule has 0 bridgehead atoms. The van der Waals surface area contributed by atoms with Gasteiger partial charge in [-0.1, -0.05) is 30.3 Å². The minimum atomic E-state index is -0.353. The van der Waals surface area contributed by atoms with Crippen molar-refractivity contribution in [2.75, 3.05) is 39.8 Å². The monoisotopic (exact) mass is 347 g/mol. The van der Waals surface area contributed by atoms with Crippen molar-refractivity contribution in [1.82, 2.24) is 14.7 Å². The summed E-state index contributed by atoms with van der Waals surface area (Å²) in [5.41, 5.74) is 1.02. The highest BCUT2D eigenvalue weighted by Gasteiger charge is 2.26. The SMILES string of the molecule is CCOC(=O)N1CCN(C(=O)CC(=O)N(C)Cc2ccccc2)CC1. The van der Waals surface area contributed by atoms with Crippen molar-refractivity contribution in [3.8, 4) is 0 Å². The second-order valence-electron chi connectivity index (χ2n) is 5.98. The molecule has 0 radical (unpaired) electrons. The molecule has 0 aromatic heterocycles. The second kappa shape index (κ2) is 9.05. The molecule has 1 aliphatic rings. The van der Waals surface area contributed by atoms with Crippen LogP contribution in [0.25, 0.3) is 0 Å². The molecule has 1 aliphatic heterocycles. The maximum absolute atomic E-state index is 12.3. The van der Waals surface area contributed by atoms with Crippen molar-refractivity contribution in [1.29, 1.82) is 0 Å². The molecule has 3 amide bonds. The maximum Gasteiger partial charge on any atom is 0.409 e. The zero-order valence-corrected chi connectivity index (χ0v) is 14.8. The number of benzene rings is 1. The number of rotatable bonds is 5. The third-order valence-corrected chi connectivity index (χ3v) is 4.15. The van der Waals surface area contributed by atoms with Crippen LogP contribution < -0.4 is 0 Å². The zero-order chi connectivity index (χ0) is 18.2. The molecule has 0 N–H and O–H groups in total. The molecule has 1 saturated heterocycles. The van der Waals surface area contributed by atoms with E-state index in [-0.39, 0.29) is 24.3 Å². The van der Waals surface area contributed by atoms with Crippen LogP contribution in [-0.4, -0.2) is 72.4 Å². The Bertz CT molecular complexity index is 598. The highest BCUT2D eigenvalue weighted by molar-refractivity contribution is 5.96. The fourth-order valence-electron chi connectivity index (χ4n) is 2.67. The lowest BCUT2D eigenvalue weighted by molar-refractivity contribution is -0.141. The van der Waals surface area contributed by atoms with Crippen molar-refractivity contribution >= 4 is 17.9 Å². The summed E-state index contributed by atoms with van der Waals surface area (Å²) in [7, 11) is 1.70. The molecule has 136 valence electrons. The van der Waals surface area contributed by atoms with Gasteiger partial charge in [0.1, 0.15) is 6.42 Å². The van der Waals surface area contributed by atoms with Gasteiger partial charge in [-0.2, -0.15) is 0 Å². The summed E-state index contributed by atoms with van der Waals surface area (Å²) in [5.74, 6) is -0.407. The van der Waals surface area contributed by atoms with Crippen molar-refractivity contribution < 1.29 is 19.1 Å². The van der Waals surface area contributed by atoms with Crippen molar-refractivity contribution in [3.63, 3.8) is 0 Å². The minimum Gasteiger partial charge on any atom is -0.450 e. The Morgan fingerprint density at radius 2 is 1.64 bits per heavy atom. The molecule has 0 atom stereocenters. The first-order chi connectivity index (χ1) is 12.0. The van der Waals surface area contributed by atoms with Gasteiger partial charge >= 0.3 is 6.09 Å². The number of piperazine rings is 1. The minimum absolute atomic E-state index is 0.150. The van der Waals surface area contributed by atoms with E-state index in [1.165, 1.54) is 0 Å². The number of nitrogens with zero attached hydrogens (tertiary/aromatic N) is 3. The average Bonchev–Trinajstić information content (AvgIpc) is 2.62. The zero-order valence-electron chi connectivity index (χ0n) is 14.8. The van der Waals surface area contributed by atoms with E-state index < -0.39 is 0 Å². The lowest BCUT2D eigenvalue weighted by Gasteiger charge is -2.34. The van der Waals surface area contributed by atoms with Gasteiger partial charge in [-0.25, -0.2) is 4.79 Å². The normalized spacial score (nSPS) is 14.2.